The fourth-order valence-electron chi connectivity index (χ4n) is 2.97. The maximum absolute atomic E-state index is 6.17. The van der Waals surface area contributed by atoms with Crippen LogP contribution in [0.15, 0.2) is 36.4 Å². The van der Waals surface area contributed by atoms with Gasteiger partial charge in [-0.2, -0.15) is 0 Å². The van der Waals surface area contributed by atoms with E-state index in [0.29, 0.717) is 6.04 Å². The van der Waals surface area contributed by atoms with E-state index in [4.69, 9.17) is 4.74 Å². The summed E-state index contributed by atoms with van der Waals surface area (Å²) in [5, 5.41) is 3.62. The Morgan fingerprint density at radius 2 is 2.00 bits per heavy atom. The van der Waals surface area contributed by atoms with Crippen LogP contribution in [0.3, 0.4) is 0 Å². The largest absolute Gasteiger partial charge is 0.488 e. The van der Waals surface area contributed by atoms with Crippen LogP contribution in [-0.4, -0.2) is 18.7 Å². The molecule has 2 heterocycles. The van der Waals surface area contributed by atoms with Crippen molar-refractivity contribution >= 4 is 11.3 Å². The van der Waals surface area contributed by atoms with E-state index < -0.39 is 0 Å². The normalized spacial score (nSPS) is 18.3. The van der Waals surface area contributed by atoms with E-state index in [9.17, 15) is 0 Å². The third-order valence-corrected chi connectivity index (χ3v) is 5.33. The van der Waals surface area contributed by atoms with Crippen LogP contribution in [0.5, 0.6) is 5.75 Å². The molecule has 0 radical (unpaired) electrons. The second kappa shape index (κ2) is 6.63. The van der Waals surface area contributed by atoms with Gasteiger partial charge in [-0.25, -0.2) is 0 Å². The van der Waals surface area contributed by atoms with Crippen molar-refractivity contribution in [3.63, 3.8) is 0 Å². The van der Waals surface area contributed by atoms with E-state index >= 15 is 0 Å². The zero-order chi connectivity index (χ0) is 14.7. The van der Waals surface area contributed by atoms with Gasteiger partial charge in [-0.1, -0.05) is 32.0 Å². The lowest BCUT2D eigenvalue weighted by Crippen LogP contribution is -2.43. The number of hydrogen-bond acceptors (Lipinski definition) is 3. The maximum Gasteiger partial charge on any atom is 0.123 e. The summed E-state index contributed by atoms with van der Waals surface area (Å²) in [5.74, 6) is 1.06. The minimum absolute atomic E-state index is 0.245. The fourth-order valence-corrected chi connectivity index (χ4v) is 3.99. The fraction of sp³-hybridized carbons (Fsp3) is 0.444. The summed E-state index contributed by atoms with van der Waals surface area (Å²) < 4.78 is 6.17. The summed E-state index contributed by atoms with van der Waals surface area (Å²) in [6, 6.07) is 13.3. The first-order chi connectivity index (χ1) is 10.3. The molecule has 1 N–H and O–H groups in total. The molecule has 2 atom stereocenters. The van der Waals surface area contributed by atoms with Crippen LogP contribution in [0.25, 0.3) is 0 Å². The Hall–Kier alpha value is -1.32. The molecule has 112 valence electrons. The number of nitrogens with one attached hydrogen (secondary N) is 1. The lowest BCUT2D eigenvalue weighted by molar-refractivity contribution is 0.178. The number of thiophene rings is 1. The standard InChI is InChI=1S/C18H23NOS/c1-3-14-9-10-15(21-14)12-16(19-4-2)18-11-13-7-5-6-8-17(13)20-18/h5-10,16,18-19H,3-4,11-12H2,1-2H3. The highest BCUT2D eigenvalue weighted by molar-refractivity contribution is 7.11. The monoisotopic (exact) mass is 301 g/mol. The molecular formula is C18H23NOS. The highest BCUT2D eigenvalue weighted by Crippen LogP contribution is 2.31. The minimum Gasteiger partial charge on any atom is -0.488 e. The van der Waals surface area contributed by atoms with Gasteiger partial charge < -0.3 is 10.1 Å². The first kappa shape index (κ1) is 14.6. The molecule has 0 saturated heterocycles. The number of fused-ring (bicyclic) bond motifs is 1. The molecule has 0 aliphatic carbocycles. The van der Waals surface area contributed by atoms with Crippen molar-refractivity contribution in [1.82, 2.24) is 5.32 Å². The van der Waals surface area contributed by atoms with Gasteiger partial charge in [-0.3, -0.25) is 0 Å². The second-order valence-corrected chi connectivity index (χ2v) is 6.81. The lowest BCUT2D eigenvalue weighted by Gasteiger charge is -2.23. The zero-order valence-electron chi connectivity index (χ0n) is 12.8. The Kier molecular flexibility index (Phi) is 4.61. The Morgan fingerprint density at radius 1 is 1.19 bits per heavy atom. The summed E-state index contributed by atoms with van der Waals surface area (Å²) >= 11 is 1.93. The summed E-state index contributed by atoms with van der Waals surface area (Å²) in [6.07, 6.45) is 3.44. The first-order valence-corrected chi connectivity index (χ1v) is 8.67. The van der Waals surface area contributed by atoms with Gasteiger partial charge in [0.25, 0.3) is 0 Å². The van der Waals surface area contributed by atoms with Gasteiger partial charge in [0, 0.05) is 28.6 Å². The average Bonchev–Trinajstić information content (AvgIpc) is 3.12. The van der Waals surface area contributed by atoms with E-state index in [-0.39, 0.29) is 6.10 Å². The number of rotatable bonds is 6. The molecule has 1 aromatic carbocycles. The van der Waals surface area contributed by atoms with E-state index in [1.165, 1.54) is 15.3 Å². The third-order valence-electron chi connectivity index (χ3n) is 4.07. The molecule has 0 fully saturated rings. The van der Waals surface area contributed by atoms with Crippen LogP contribution in [0, 0.1) is 0 Å². The van der Waals surface area contributed by atoms with Crippen molar-refractivity contribution in [2.45, 2.75) is 45.3 Å². The molecule has 0 saturated carbocycles. The highest BCUT2D eigenvalue weighted by atomic mass is 32.1. The predicted molar refractivity (Wildman–Crippen MR) is 89.4 cm³/mol. The number of ether oxygens (including phenoxy) is 1. The van der Waals surface area contributed by atoms with E-state index in [1.807, 2.05) is 11.3 Å². The average molecular weight is 301 g/mol. The quantitative estimate of drug-likeness (QED) is 0.875. The molecule has 3 heteroatoms. The summed E-state index contributed by atoms with van der Waals surface area (Å²) in [5.41, 5.74) is 1.34. The molecule has 21 heavy (non-hydrogen) atoms. The summed E-state index contributed by atoms with van der Waals surface area (Å²) in [4.78, 5) is 2.92. The van der Waals surface area contributed by atoms with Gasteiger partial charge in [0.2, 0.25) is 0 Å². The molecule has 2 nitrogen and oxygen atoms in total. The van der Waals surface area contributed by atoms with Crippen molar-refractivity contribution < 1.29 is 4.74 Å². The smallest absolute Gasteiger partial charge is 0.123 e. The van der Waals surface area contributed by atoms with Crippen LogP contribution in [0.4, 0.5) is 0 Å². The van der Waals surface area contributed by atoms with Gasteiger partial charge >= 0.3 is 0 Å². The molecule has 0 spiro atoms. The zero-order valence-corrected chi connectivity index (χ0v) is 13.6. The topological polar surface area (TPSA) is 21.3 Å². The number of aryl methyl sites for hydroxylation is 1. The van der Waals surface area contributed by atoms with E-state index in [2.05, 4.69) is 55.6 Å². The Bertz CT molecular complexity index is 567. The molecule has 1 aliphatic heterocycles. The van der Waals surface area contributed by atoms with Gasteiger partial charge in [-0.05, 0) is 36.7 Å². The van der Waals surface area contributed by atoms with Crippen molar-refractivity contribution in [3.05, 3.63) is 51.7 Å². The highest BCUT2D eigenvalue weighted by Gasteiger charge is 2.30. The van der Waals surface area contributed by atoms with Gasteiger partial charge in [0.05, 0.1) is 0 Å². The molecule has 1 aliphatic rings. The van der Waals surface area contributed by atoms with Crippen molar-refractivity contribution in [3.8, 4) is 5.75 Å². The summed E-state index contributed by atoms with van der Waals surface area (Å²) in [7, 11) is 0. The van der Waals surface area contributed by atoms with Gasteiger partial charge in [0.15, 0.2) is 0 Å². The second-order valence-electron chi connectivity index (χ2n) is 5.56. The number of para-hydroxylation sites is 1. The van der Waals surface area contributed by atoms with Gasteiger partial charge in [-0.15, -0.1) is 11.3 Å². The molecule has 1 aromatic heterocycles. The van der Waals surface area contributed by atoms with Crippen LogP contribution in [0.1, 0.15) is 29.2 Å². The number of benzene rings is 1. The van der Waals surface area contributed by atoms with Crippen LogP contribution in [-0.2, 0) is 19.3 Å². The Balaban J connectivity index is 1.70. The van der Waals surface area contributed by atoms with Crippen molar-refractivity contribution in [2.75, 3.05) is 6.54 Å². The summed E-state index contributed by atoms with van der Waals surface area (Å²) in [6.45, 7) is 5.36. The molecule has 0 amide bonds. The predicted octanol–water partition coefficient (Wildman–Crippen LogP) is 3.83. The lowest BCUT2D eigenvalue weighted by atomic mass is 10.0. The Labute approximate surface area is 131 Å². The third kappa shape index (κ3) is 3.30. The van der Waals surface area contributed by atoms with Crippen molar-refractivity contribution in [2.24, 2.45) is 0 Å². The van der Waals surface area contributed by atoms with E-state index in [1.54, 1.807) is 0 Å². The molecule has 2 unspecified atom stereocenters. The maximum atomic E-state index is 6.17. The van der Waals surface area contributed by atoms with E-state index in [0.717, 1.165) is 31.6 Å². The molecular weight excluding hydrogens is 278 g/mol. The first-order valence-electron chi connectivity index (χ1n) is 7.85. The SMILES string of the molecule is CCNC(Cc1ccc(CC)s1)C1Cc2ccccc2O1. The Morgan fingerprint density at radius 3 is 2.71 bits per heavy atom. The molecule has 3 rings (SSSR count). The van der Waals surface area contributed by atoms with Crippen LogP contribution >= 0.6 is 11.3 Å². The van der Waals surface area contributed by atoms with Crippen LogP contribution < -0.4 is 10.1 Å². The molecule has 0 bridgehead atoms. The van der Waals surface area contributed by atoms with Crippen molar-refractivity contribution in [1.29, 1.82) is 0 Å². The molecule has 2 aromatic rings. The number of hydrogen-bond donors (Lipinski definition) is 1. The minimum atomic E-state index is 0.245. The van der Waals surface area contributed by atoms with Gasteiger partial charge in [0.1, 0.15) is 11.9 Å². The number of likely N-dealkylation sites (N-methyl/N-ethyl adjacent to an activating group) is 1. The van der Waals surface area contributed by atoms with Crippen LogP contribution in [0.2, 0.25) is 0 Å².